The second-order valence-corrected chi connectivity index (χ2v) is 7.90. The number of nitrogens with one attached hydrogen (secondary N) is 1. The van der Waals surface area contributed by atoms with Crippen molar-refractivity contribution in [1.82, 2.24) is 5.43 Å². The standard InChI is InChI=1S/C16H14Cl2FN3O3S/c1-26(24,25)22(12-7-5-11(19)6-8-12)10-16(23)21-20-9-13-14(17)3-2-4-15(13)18/h2-9H,10H2,1H3,(H,21,23)/b20-9-. The number of rotatable bonds is 6. The molecule has 0 aromatic heterocycles. The number of amides is 1. The second kappa shape index (κ2) is 8.48. The molecule has 0 saturated carbocycles. The lowest BCUT2D eigenvalue weighted by Gasteiger charge is -2.21. The molecule has 138 valence electrons. The first-order valence-corrected chi connectivity index (χ1v) is 9.78. The van der Waals surface area contributed by atoms with Crippen LogP contribution in [0.1, 0.15) is 5.56 Å². The van der Waals surface area contributed by atoms with Gasteiger partial charge in [0.15, 0.2) is 0 Å². The fourth-order valence-corrected chi connectivity index (χ4v) is 3.33. The summed E-state index contributed by atoms with van der Waals surface area (Å²) >= 11 is 12.0. The minimum atomic E-state index is -3.76. The van der Waals surface area contributed by atoms with Crippen molar-refractivity contribution < 1.29 is 17.6 Å². The number of carbonyl (C=O) groups is 1. The highest BCUT2D eigenvalue weighted by Crippen LogP contribution is 2.22. The summed E-state index contributed by atoms with van der Waals surface area (Å²) in [5, 5.41) is 4.42. The number of hydrogen-bond acceptors (Lipinski definition) is 4. The molecular weight excluding hydrogens is 404 g/mol. The molecular formula is C16H14Cl2FN3O3S. The Labute approximate surface area is 160 Å². The number of halogens is 3. The fraction of sp³-hybridized carbons (Fsp3) is 0.125. The number of hydrogen-bond donors (Lipinski definition) is 1. The zero-order chi connectivity index (χ0) is 19.3. The van der Waals surface area contributed by atoms with E-state index in [0.717, 1.165) is 22.7 Å². The van der Waals surface area contributed by atoms with Crippen molar-refractivity contribution in [3.05, 3.63) is 63.9 Å². The van der Waals surface area contributed by atoms with Crippen LogP contribution in [-0.4, -0.2) is 33.3 Å². The molecule has 0 bridgehead atoms. The van der Waals surface area contributed by atoms with E-state index in [1.807, 2.05) is 0 Å². The van der Waals surface area contributed by atoms with Crippen LogP contribution < -0.4 is 9.73 Å². The summed E-state index contributed by atoms with van der Waals surface area (Å²) in [5.41, 5.74) is 2.77. The SMILES string of the molecule is CS(=O)(=O)N(CC(=O)N/N=C\c1c(Cl)cccc1Cl)c1ccc(F)cc1. The second-order valence-electron chi connectivity index (χ2n) is 5.17. The first kappa shape index (κ1) is 20.2. The molecule has 0 aliphatic rings. The molecule has 10 heteroatoms. The number of carbonyl (C=O) groups excluding carboxylic acids is 1. The van der Waals surface area contributed by atoms with Crippen molar-refractivity contribution in [2.24, 2.45) is 5.10 Å². The number of nitrogens with zero attached hydrogens (tertiary/aromatic N) is 2. The van der Waals surface area contributed by atoms with Crippen LogP contribution in [0.4, 0.5) is 10.1 Å². The minimum absolute atomic E-state index is 0.155. The highest BCUT2D eigenvalue weighted by molar-refractivity contribution is 7.92. The molecule has 1 amide bonds. The van der Waals surface area contributed by atoms with Gasteiger partial charge in [0.1, 0.15) is 12.4 Å². The first-order chi connectivity index (χ1) is 12.2. The maximum atomic E-state index is 13.0. The Kier molecular flexibility index (Phi) is 6.57. The molecule has 0 spiro atoms. The Bertz CT molecular complexity index is 914. The van der Waals surface area contributed by atoms with Crippen molar-refractivity contribution in [3.63, 3.8) is 0 Å². The lowest BCUT2D eigenvalue weighted by atomic mass is 10.2. The third-order valence-corrected chi connectivity index (χ3v) is 4.98. The quantitative estimate of drug-likeness (QED) is 0.579. The van der Waals surface area contributed by atoms with E-state index in [1.54, 1.807) is 18.2 Å². The van der Waals surface area contributed by atoms with E-state index in [2.05, 4.69) is 10.5 Å². The maximum Gasteiger partial charge on any atom is 0.260 e. The monoisotopic (exact) mass is 417 g/mol. The zero-order valence-electron chi connectivity index (χ0n) is 13.5. The van der Waals surface area contributed by atoms with Gasteiger partial charge in [0.05, 0.1) is 28.2 Å². The van der Waals surface area contributed by atoms with E-state index in [0.29, 0.717) is 15.6 Å². The summed E-state index contributed by atoms with van der Waals surface area (Å²) in [6, 6.07) is 9.60. The van der Waals surface area contributed by atoms with Gasteiger partial charge in [-0.1, -0.05) is 29.3 Å². The largest absolute Gasteiger partial charge is 0.271 e. The van der Waals surface area contributed by atoms with Crippen molar-refractivity contribution in [2.75, 3.05) is 17.1 Å². The topological polar surface area (TPSA) is 78.8 Å². The number of sulfonamides is 1. The van der Waals surface area contributed by atoms with Gasteiger partial charge in [0.2, 0.25) is 10.0 Å². The molecule has 0 unspecified atom stereocenters. The van der Waals surface area contributed by atoms with E-state index in [1.165, 1.54) is 18.3 Å². The third-order valence-electron chi connectivity index (χ3n) is 3.18. The van der Waals surface area contributed by atoms with Gasteiger partial charge >= 0.3 is 0 Å². The molecule has 0 saturated heterocycles. The molecule has 1 N–H and O–H groups in total. The van der Waals surface area contributed by atoms with Crippen molar-refractivity contribution in [3.8, 4) is 0 Å². The zero-order valence-corrected chi connectivity index (χ0v) is 15.8. The Morgan fingerprint density at radius 3 is 2.31 bits per heavy atom. The van der Waals surface area contributed by atoms with Gasteiger partial charge in [0, 0.05) is 5.56 Å². The van der Waals surface area contributed by atoms with Crippen LogP contribution in [0.5, 0.6) is 0 Å². The predicted molar refractivity (Wildman–Crippen MR) is 101 cm³/mol. The fourth-order valence-electron chi connectivity index (χ4n) is 1.98. The summed E-state index contributed by atoms with van der Waals surface area (Å²) in [6.07, 6.45) is 2.20. The van der Waals surface area contributed by atoms with Crippen LogP contribution in [0, 0.1) is 5.82 Å². The molecule has 0 radical (unpaired) electrons. The summed E-state index contributed by atoms with van der Waals surface area (Å²) < 4.78 is 37.7. The van der Waals surface area contributed by atoms with Crippen LogP contribution >= 0.6 is 23.2 Å². The van der Waals surface area contributed by atoms with Gasteiger partial charge in [-0.25, -0.2) is 18.2 Å². The van der Waals surface area contributed by atoms with Crippen LogP contribution in [0.3, 0.4) is 0 Å². The Morgan fingerprint density at radius 2 is 1.77 bits per heavy atom. The van der Waals surface area contributed by atoms with Crippen molar-refractivity contribution in [2.45, 2.75) is 0 Å². The highest BCUT2D eigenvalue weighted by atomic mass is 35.5. The van der Waals surface area contributed by atoms with Gasteiger partial charge in [-0.3, -0.25) is 9.10 Å². The number of benzene rings is 2. The Hall–Kier alpha value is -2.16. The predicted octanol–water partition coefficient (Wildman–Crippen LogP) is 3.05. The van der Waals surface area contributed by atoms with E-state index < -0.39 is 28.3 Å². The lowest BCUT2D eigenvalue weighted by molar-refractivity contribution is -0.119. The van der Waals surface area contributed by atoms with Crippen LogP contribution in [0.15, 0.2) is 47.6 Å². The van der Waals surface area contributed by atoms with Gasteiger partial charge in [-0.05, 0) is 36.4 Å². The molecule has 0 fully saturated rings. The van der Waals surface area contributed by atoms with Gasteiger partial charge in [-0.2, -0.15) is 5.10 Å². The van der Waals surface area contributed by atoms with E-state index in [-0.39, 0.29) is 5.69 Å². The van der Waals surface area contributed by atoms with Crippen molar-refractivity contribution >= 4 is 51.0 Å². The Balaban J connectivity index is 2.11. The molecule has 2 rings (SSSR count). The molecule has 0 atom stereocenters. The minimum Gasteiger partial charge on any atom is -0.271 e. The molecule has 26 heavy (non-hydrogen) atoms. The van der Waals surface area contributed by atoms with E-state index in [9.17, 15) is 17.6 Å². The summed E-state index contributed by atoms with van der Waals surface area (Å²) in [6.45, 7) is -0.530. The van der Waals surface area contributed by atoms with Crippen LogP contribution in [-0.2, 0) is 14.8 Å². The van der Waals surface area contributed by atoms with Gasteiger partial charge < -0.3 is 0 Å². The van der Waals surface area contributed by atoms with Crippen LogP contribution in [0.25, 0.3) is 0 Å². The van der Waals surface area contributed by atoms with E-state index >= 15 is 0 Å². The number of hydrazone groups is 1. The normalized spacial score (nSPS) is 11.5. The van der Waals surface area contributed by atoms with Crippen molar-refractivity contribution in [1.29, 1.82) is 0 Å². The molecule has 0 heterocycles. The van der Waals surface area contributed by atoms with Gasteiger partial charge in [0.25, 0.3) is 5.91 Å². The summed E-state index contributed by atoms with van der Waals surface area (Å²) in [4.78, 5) is 12.0. The number of anilines is 1. The molecule has 0 aliphatic carbocycles. The summed E-state index contributed by atoms with van der Waals surface area (Å²) in [7, 11) is -3.76. The molecule has 6 nitrogen and oxygen atoms in total. The average Bonchev–Trinajstić information content (AvgIpc) is 2.55. The van der Waals surface area contributed by atoms with Crippen LogP contribution in [0.2, 0.25) is 10.0 Å². The average molecular weight is 418 g/mol. The van der Waals surface area contributed by atoms with Gasteiger partial charge in [-0.15, -0.1) is 0 Å². The first-order valence-electron chi connectivity index (χ1n) is 7.17. The molecule has 0 aliphatic heterocycles. The highest BCUT2D eigenvalue weighted by Gasteiger charge is 2.20. The molecule has 2 aromatic carbocycles. The third kappa shape index (κ3) is 5.42. The smallest absolute Gasteiger partial charge is 0.260 e. The maximum absolute atomic E-state index is 13.0. The van der Waals surface area contributed by atoms with E-state index in [4.69, 9.17) is 23.2 Å². The Morgan fingerprint density at radius 1 is 1.19 bits per heavy atom. The lowest BCUT2D eigenvalue weighted by Crippen LogP contribution is -2.39. The summed E-state index contributed by atoms with van der Waals surface area (Å²) in [5.74, 6) is -1.22. The molecule has 2 aromatic rings.